The number of para-hydroxylation sites is 1. The summed E-state index contributed by atoms with van der Waals surface area (Å²) < 4.78 is 0. The van der Waals surface area contributed by atoms with Crippen LogP contribution in [-0.2, 0) is 20.8 Å². The molecule has 0 saturated heterocycles. The largest absolute Gasteiger partial charge is 0.481 e. The minimum absolute atomic E-state index is 0.0604. The average molecular weight is 319 g/mol. The monoisotopic (exact) mass is 319 g/mol. The summed E-state index contributed by atoms with van der Waals surface area (Å²) in [6.07, 6.45) is 1.18. The first kappa shape index (κ1) is 16.5. The Labute approximate surface area is 131 Å². The number of carboxylic acid groups (broad SMARTS) is 2. The lowest BCUT2D eigenvalue weighted by Crippen LogP contribution is -2.49. The SMILES string of the molecule is N[C@H](CC(=O)O)C(=O)N[C@@H](Cc1c[nH]c2ccccc12)C(=O)O. The molecule has 0 fully saturated rings. The number of hydrogen-bond acceptors (Lipinski definition) is 4. The number of nitrogens with two attached hydrogens (primary N) is 1. The van der Waals surface area contributed by atoms with Gasteiger partial charge in [0.2, 0.25) is 5.91 Å². The molecular formula is C15H17N3O5. The topological polar surface area (TPSA) is 146 Å². The minimum Gasteiger partial charge on any atom is -0.481 e. The van der Waals surface area contributed by atoms with E-state index in [1.807, 2.05) is 24.3 Å². The van der Waals surface area contributed by atoms with Gasteiger partial charge in [-0.15, -0.1) is 0 Å². The van der Waals surface area contributed by atoms with Crippen molar-refractivity contribution in [2.75, 3.05) is 0 Å². The van der Waals surface area contributed by atoms with E-state index in [0.717, 1.165) is 16.5 Å². The fourth-order valence-electron chi connectivity index (χ4n) is 2.28. The van der Waals surface area contributed by atoms with Crippen molar-refractivity contribution >= 4 is 28.7 Å². The summed E-state index contributed by atoms with van der Waals surface area (Å²) in [7, 11) is 0. The first-order valence-electron chi connectivity index (χ1n) is 6.94. The predicted octanol–water partition coefficient (Wildman–Crippen LogP) is 0.0818. The number of H-pyrrole nitrogens is 1. The second-order valence-corrected chi connectivity index (χ2v) is 5.17. The molecule has 0 aliphatic rings. The number of aliphatic carboxylic acids is 2. The quantitative estimate of drug-likeness (QED) is 0.488. The van der Waals surface area contributed by atoms with Gasteiger partial charge in [-0.2, -0.15) is 0 Å². The standard InChI is InChI=1S/C15H17N3O5/c16-10(6-13(19)20)14(21)18-12(15(22)23)5-8-7-17-11-4-2-1-3-9(8)11/h1-4,7,10,12,17H,5-6,16H2,(H,18,21)(H,19,20)(H,22,23)/t10-,12+/m1/s1. The minimum atomic E-state index is -1.29. The molecule has 1 aromatic carbocycles. The van der Waals surface area contributed by atoms with E-state index in [9.17, 15) is 19.5 Å². The Balaban J connectivity index is 2.11. The van der Waals surface area contributed by atoms with Crippen molar-refractivity contribution in [3.8, 4) is 0 Å². The molecule has 0 unspecified atom stereocenters. The smallest absolute Gasteiger partial charge is 0.326 e. The van der Waals surface area contributed by atoms with Crippen molar-refractivity contribution in [1.82, 2.24) is 10.3 Å². The number of fused-ring (bicyclic) bond motifs is 1. The van der Waals surface area contributed by atoms with Gasteiger partial charge in [0.1, 0.15) is 6.04 Å². The number of rotatable bonds is 7. The van der Waals surface area contributed by atoms with Crippen molar-refractivity contribution in [2.45, 2.75) is 24.9 Å². The van der Waals surface area contributed by atoms with E-state index >= 15 is 0 Å². The first-order valence-corrected chi connectivity index (χ1v) is 6.94. The molecule has 0 saturated carbocycles. The number of nitrogens with one attached hydrogen (secondary N) is 2. The van der Waals surface area contributed by atoms with Crippen LogP contribution < -0.4 is 11.1 Å². The van der Waals surface area contributed by atoms with Crippen molar-refractivity contribution in [2.24, 2.45) is 5.73 Å². The Morgan fingerprint density at radius 2 is 1.91 bits per heavy atom. The molecule has 23 heavy (non-hydrogen) atoms. The van der Waals surface area contributed by atoms with Gasteiger partial charge < -0.3 is 26.2 Å². The lowest BCUT2D eigenvalue weighted by molar-refractivity contribution is -0.142. The van der Waals surface area contributed by atoms with Crippen LogP contribution in [0.3, 0.4) is 0 Å². The lowest BCUT2D eigenvalue weighted by atomic mass is 10.0. The fourth-order valence-corrected chi connectivity index (χ4v) is 2.28. The summed E-state index contributed by atoms with van der Waals surface area (Å²) >= 11 is 0. The second-order valence-electron chi connectivity index (χ2n) is 5.17. The molecule has 2 rings (SSSR count). The highest BCUT2D eigenvalue weighted by Crippen LogP contribution is 2.19. The van der Waals surface area contributed by atoms with Gasteiger partial charge in [-0.1, -0.05) is 18.2 Å². The number of amides is 1. The molecule has 0 aliphatic heterocycles. The Kier molecular flexibility index (Phi) is 4.97. The van der Waals surface area contributed by atoms with Crippen molar-refractivity contribution in [3.05, 3.63) is 36.0 Å². The van der Waals surface area contributed by atoms with Crippen LogP contribution in [0.5, 0.6) is 0 Å². The Bertz CT molecular complexity index is 740. The Hall–Kier alpha value is -2.87. The summed E-state index contributed by atoms with van der Waals surface area (Å²) in [5.74, 6) is -3.25. The van der Waals surface area contributed by atoms with Crippen LogP contribution in [0, 0.1) is 0 Å². The van der Waals surface area contributed by atoms with E-state index in [2.05, 4.69) is 10.3 Å². The first-order chi connectivity index (χ1) is 10.9. The molecule has 8 heteroatoms. The van der Waals surface area contributed by atoms with Crippen LogP contribution >= 0.6 is 0 Å². The Morgan fingerprint density at radius 3 is 2.57 bits per heavy atom. The van der Waals surface area contributed by atoms with Crippen molar-refractivity contribution in [3.63, 3.8) is 0 Å². The maximum atomic E-state index is 11.8. The summed E-state index contributed by atoms with van der Waals surface area (Å²) in [5.41, 5.74) is 7.04. The van der Waals surface area contributed by atoms with Gasteiger partial charge in [0.25, 0.3) is 0 Å². The van der Waals surface area contributed by atoms with Gasteiger partial charge in [-0.05, 0) is 11.6 Å². The summed E-state index contributed by atoms with van der Waals surface area (Å²) in [6.45, 7) is 0. The Morgan fingerprint density at radius 1 is 1.22 bits per heavy atom. The molecule has 0 spiro atoms. The molecule has 1 aromatic heterocycles. The van der Waals surface area contributed by atoms with Crippen LogP contribution in [0.2, 0.25) is 0 Å². The summed E-state index contributed by atoms with van der Waals surface area (Å²) in [4.78, 5) is 36.8. The van der Waals surface area contributed by atoms with Crippen molar-refractivity contribution < 1.29 is 24.6 Å². The molecule has 2 aromatic rings. The predicted molar refractivity (Wildman–Crippen MR) is 81.8 cm³/mol. The van der Waals surface area contributed by atoms with Crippen molar-refractivity contribution in [1.29, 1.82) is 0 Å². The highest BCUT2D eigenvalue weighted by Gasteiger charge is 2.25. The molecule has 0 aliphatic carbocycles. The normalized spacial score (nSPS) is 13.4. The number of aromatic nitrogens is 1. The molecule has 1 heterocycles. The number of carbonyl (C=O) groups excluding carboxylic acids is 1. The van der Waals surface area contributed by atoms with Gasteiger partial charge in [0, 0.05) is 23.5 Å². The van der Waals surface area contributed by atoms with E-state index in [-0.39, 0.29) is 6.42 Å². The average Bonchev–Trinajstić information content (AvgIpc) is 2.89. The number of aromatic amines is 1. The summed E-state index contributed by atoms with van der Waals surface area (Å²) in [6, 6.07) is 4.90. The van der Waals surface area contributed by atoms with Crippen LogP contribution in [0.4, 0.5) is 0 Å². The number of benzene rings is 1. The van der Waals surface area contributed by atoms with Crippen LogP contribution in [0.25, 0.3) is 10.9 Å². The van der Waals surface area contributed by atoms with Crippen LogP contribution in [0.1, 0.15) is 12.0 Å². The van der Waals surface area contributed by atoms with E-state index in [1.54, 1.807) is 6.20 Å². The maximum Gasteiger partial charge on any atom is 0.326 e. The van der Waals surface area contributed by atoms with E-state index < -0.39 is 36.4 Å². The van der Waals surface area contributed by atoms with Crippen LogP contribution in [0.15, 0.2) is 30.5 Å². The summed E-state index contributed by atoms with van der Waals surface area (Å²) in [5, 5.41) is 21.0. The van der Waals surface area contributed by atoms with Crippen LogP contribution in [-0.4, -0.2) is 45.1 Å². The maximum absolute atomic E-state index is 11.8. The number of hydrogen-bond donors (Lipinski definition) is 5. The molecular weight excluding hydrogens is 302 g/mol. The zero-order valence-electron chi connectivity index (χ0n) is 12.2. The molecule has 6 N–H and O–H groups in total. The second kappa shape index (κ2) is 6.93. The van der Waals surface area contributed by atoms with E-state index in [0.29, 0.717) is 0 Å². The van der Waals surface area contributed by atoms with E-state index in [1.165, 1.54) is 0 Å². The highest BCUT2D eigenvalue weighted by atomic mass is 16.4. The van der Waals surface area contributed by atoms with Gasteiger partial charge >= 0.3 is 11.9 Å². The molecule has 0 radical (unpaired) electrons. The van der Waals surface area contributed by atoms with Gasteiger partial charge in [0.15, 0.2) is 0 Å². The third-order valence-corrected chi connectivity index (χ3v) is 3.44. The molecule has 0 bridgehead atoms. The van der Waals surface area contributed by atoms with Gasteiger partial charge in [-0.25, -0.2) is 4.79 Å². The third kappa shape index (κ3) is 4.07. The highest BCUT2D eigenvalue weighted by molar-refractivity contribution is 5.90. The fraction of sp³-hybridized carbons (Fsp3) is 0.267. The zero-order chi connectivity index (χ0) is 17.0. The van der Waals surface area contributed by atoms with Gasteiger partial charge in [-0.3, -0.25) is 9.59 Å². The molecule has 122 valence electrons. The molecule has 1 amide bonds. The third-order valence-electron chi connectivity index (χ3n) is 3.44. The lowest BCUT2D eigenvalue weighted by Gasteiger charge is -2.16. The zero-order valence-corrected chi connectivity index (χ0v) is 12.2. The molecule has 2 atom stereocenters. The van der Waals surface area contributed by atoms with E-state index in [4.69, 9.17) is 10.8 Å². The molecule has 8 nitrogen and oxygen atoms in total. The number of carbonyl (C=O) groups is 3. The van der Waals surface area contributed by atoms with Gasteiger partial charge in [0.05, 0.1) is 12.5 Å². The number of carboxylic acids is 2.